The van der Waals surface area contributed by atoms with Crippen molar-refractivity contribution in [2.45, 2.75) is 45.6 Å². The molecule has 8 heteroatoms. The molecule has 0 unspecified atom stereocenters. The van der Waals surface area contributed by atoms with Crippen molar-refractivity contribution >= 4 is 30.0 Å². The van der Waals surface area contributed by atoms with Crippen LogP contribution >= 0.6 is 12.4 Å². The van der Waals surface area contributed by atoms with Crippen LogP contribution in [0.3, 0.4) is 0 Å². The van der Waals surface area contributed by atoms with Gasteiger partial charge in [0.25, 0.3) is 0 Å². The first kappa shape index (κ1) is 23.2. The van der Waals surface area contributed by atoms with Crippen LogP contribution in [0.1, 0.15) is 39.5 Å². The monoisotopic (exact) mass is 400 g/mol. The number of urea groups is 1. The first-order valence-electron chi connectivity index (χ1n) is 9.26. The van der Waals surface area contributed by atoms with Gasteiger partial charge in [0.15, 0.2) is 0 Å². The van der Waals surface area contributed by atoms with Crippen molar-refractivity contribution in [1.29, 1.82) is 0 Å². The number of nitrogens with one attached hydrogen (secondary N) is 2. The smallest absolute Gasteiger partial charge is 0.319 e. The predicted molar refractivity (Wildman–Crippen MR) is 107 cm³/mol. The maximum atomic E-state index is 12.9. The Balaban J connectivity index is 0.00000364. The number of carbonyl (C=O) groups is 2. The van der Waals surface area contributed by atoms with E-state index in [0.717, 1.165) is 12.8 Å². The van der Waals surface area contributed by atoms with Gasteiger partial charge in [0.1, 0.15) is 5.82 Å². The SMILES string of the molecule is CCC(CC)(CN)C(=O)N1CCC(NC(=O)Nc2ccc(F)cc2)CC1.Cl. The van der Waals surface area contributed by atoms with Crippen LogP contribution in [-0.2, 0) is 4.79 Å². The molecular formula is C19H30ClFN4O2. The van der Waals surface area contributed by atoms with E-state index in [1.54, 1.807) is 0 Å². The van der Waals surface area contributed by atoms with E-state index in [1.807, 2.05) is 18.7 Å². The van der Waals surface area contributed by atoms with Crippen LogP contribution in [0.2, 0.25) is 0 Å². The van der Waals surface area contributed by atoms with E-state index in [-0.39, 0.29) is 36.2 Å². The minimum absolute atomic E-state index is 0. The minimum atomic E-state index is -0.472. The first-order valence-corrected chi connectivity index (χ1v) is 9.26. The number of benzene rings is 1. The van der Waals surface area contributed by atoms with Gasteiger partial charge < -0.3 is 21.3 Å². The Kier molecular flexibility index (Phi) is 8.99. The van der Waals surface area contributed by atoms with E-state index in [9.17, 15) is 14.0 Å². The summed E-state index contributed by atoms with van der Waals surface area (Å²) in [6.07, 6.45) is 2.88. The van der Waals surface area contributed by atoms with Gasteiger partial charge >= 0.3 is 6.03 Å². The molecule has 4 N–H and O–H groups in total. The molecule has 0 aromatic heterocycles. The highest BCUT2D eigenvalue weighted by Crippen LogP contribution is 2.29. The Morgan fingerprint density at radius 3 is 2.22 bits per heavy atom. The van der Waals surface area contributed by atoms with Gasteiger partial charge in [-0.2, -0.15) is 0 Å². The third kappa shape index (κ3) is 5.81. The number of hydrogen-bond donors (Lipinski definition) is 3. The highest BCUT2D eigenvalue weighted by atomic mass is 35.5. The fraction of sp³-hybridized carbons (Fsp3) is 0.579. The summed E-state index contributed by atoms with van der Waals surface area (Å²) in [5.74, 6) is -0.222. The molecule has 0 saturated carbocycles. The van der Waals surface area contributed by atoms with Gasteiger partial charge in [0.05, 0.1) is 5.41 Å². The van der Waals surface area contributed by atoms with Crippen LogP contribution in [0.5, 0.6) is 0 Å². The highest BCUT2D eigenvalue weighted by Gasteiger charge is 2.38. The van der Waals surface area contributed by atoms with Gasteiger partial charge in [-0.25, -0.2) is 9.18 Å². The Bertz CT molecular complexity index is 606. The summed E-state index contributed by atoms with van der Waals surface area (Å²) in [6, 6.07) is 5.31. The Morgan fingerprint density at radius 1 is 1.19 bits per heavy atom. The summed E-state index contributed by atoms with van der Waals surface area (Å²) in [4.78, 5) is 26.8. The lowest BCUT2D eigenvalue weighted by molar-refractivity contribution is -0.143. The summed E-state index contributed by atoms with van der Waals surface area (Å²) >= 11 is 0. The molecule has 27 heavy (non-hydrogen) atoms. The second-order valence-corrected chi connectivity index (χ2v) is 6.86. The van der Waals surface area contributed by atoms with Crippen molar-refractivity contribution in [2.24, 2.45) is 11.1 Å². The van der Waals surface area contributed by atoms with Crippen LogP contribution in [0.25, 0.3) is 0 Å². The summed E-state index contributed by atoms with van der Waals surface area (Å²) in [6.45, 7) is 5.59. The molecule has 0 bridgehead atoms. The molecule has 3 amide bonds. The molecule has 0 atom stereocenters. The number of hydrogen-bond acceptors (Lipinski definition) is 3. The third-order valence-corrected chi connectivity index (χ3v) is 5.42. The lowest BCUT2D eigenvalue weighted by atomic mass is 9.80. The number of rotatable bonds is 6. The first-order chi connectivity index (χ1) is 12.4. The number of amides is 3. The molecule has 1 aromatic rings. The van der Waals surface area contributed by atoms with E-state index in [0.29, 0.717) is 38.2 Å². The Labute approximate surface area is 166 Å². The summed E-state index contributed by atoms with van der Waals surface area (Å²) in [7, 11) is 0. The Morgan fingerprint density at radius 2 is 1.74 bits per heavy atom. The van der Waals surface area contributed by atoms with Crippen molar-refractivity contribution in [1.82, 2.24) is 10.2 Å². The van der Waals surface area contributed by atoms with Crippen LogP contribution in [-0.4, -0.2) is 42.5 Å². The standard InChI is InChI=1S/C19H29FN4O2.ClH/c1-3-19(4-2,13-21)17(25)24-11-9-16(10-12-24)23-18(26)22-15-7-5-14(20)6-8-15;/h5-8,16H,3-4,9-13,21H2,1-2H3,(H2,22,23,26);1H. The molecule has 152 valence electrons. The van der Waals surface area contributed by atoms with Gasteiger partial charge in [-0.3, -0.25) is 4.79 Å². The maximum absolute atomic E-state index is 12.9. The number of likely N-dealkylation sites (tertiary alicyclic amines) is 1. The molecule has 1 fully saturated rings. The van der Waals surface area contributed by atoms with E-state index in [4.69, 9.17) is 5.73 Å². The molecule has 2 rings (SSSR count). The molecule has 1 heterocycles. The highest BCUT2D eigenvalue weighted by molar-refractivity contribution is 5.89. The molecule has 0 radical (unpaired) electrons. The predicted octanol–water partition coefficient (Wildman–Crippen LogP) is 3.13. The normalized spacial score (nSPS) is 15.0. The third-order valence-electron chi connectivity index (χ3n) is 5.42. The number of nitrogens with zero attached hydrogens (tertiary/aromatic N) is 1. The van der Waals surface area contributed by atoms with E-state index in [2.05, 4.69) is 10.6 Å². The molecule has 6 nitrogen and oxygen atoms in total. The van der Waals surface area contributed by atoms with Crippen LogP contribution in [0.15, 0.2) is 24.3 Å². The average Bonchev–Trinajstić information content (AvgIpc) is 2.66. The topological polar surface area (TPSA) is 87.5 Å². The number of halogens is 2. The van der Waals surface area contributed by atoms with Gasteiger partial charge in [0.2, 0.25) is 5.91 Å². The van der Waals surface area contributed by atoms with E-state index >= 15 is 0 Å². The van der Waals surface area contributed by atoms with Crippen LogP contribution in [0.4, 0.5) is 14.9 Å². The molecule has 0 spiro atoms. The van der Waals surface area contributed by atoms with Gasteiger partial charge in [0, 0.05) is 31.4 Å². The molecule has 1 aromatic carbocycles. The summed E-state index contributed by atoms with van der Waals surface area (Å²) in [5.41, 5.74) is 5.94. The van der Waals surface area contributed by atoms with Crippen molar-refractivity contribution in [3.05, 3.63) is 30.1 Å². The maximum Gasteiger partial charge on any atom is 0.319 e. The minimum Gasteiger partial charge on any atom is -0.342 e. The van der Waals surface area contributed by atoms with Crippen LogP contribution in [0, 0.1) is 11.2 Å². The lowest BCUT2D eigenvalue weighted by Gasteiger charge is -2.39. The second-order valence-electron chi connectivity index (χ2n) is 6.86. The molecule has 1 aliphatic rings. The molecule has 1 aliphatic heterocycles. The summed E-state index contributed by atoms with van der Waals surface area (Å²) < 4.78 is 12.9. The number of piperidine rings is 1. The fourth-order valence-electron chi connectivity index (χ4n) is 3.38. The number of nitrogens with two attached hydrogens (primary N) is 1. The van der Waals surface area contributed by atoms with Crippen molar-refractivity contribution in [3.8, 4) is 0 Å². The largest absolute Gasteiger partial charge is 0.342 e. The van der Waals surface area contributed by atoms with Crippen molar-refractivity contribution in [3.63, 3.8) is 0 Å². The van der Waals surface area contributed by atoms with Gasteiger partial charge in [-0.1, -0.05) is 13.8 Å². The van der Waals surface area contributed by atoms with Gasteiger partial charge in [-0.15, -0.1) is 12.4 Å². The number of anilines is 1. The molecule has 0 aliphatic carbocycles. The van der Waals surface area contributed by atoms with Crippen LogP contribution < -0.4 is 16.4 Å². The number of carbonyl (C=O) groups excluding carboxylic acids is 2. The zero-order valence-corrected chi connectivity index (χ0v) is 16.8. The van der Waals surface area contributed by atoms with Gasteiger partial charge in [-0.05, 0) is 49.9 Å². The fourth-order valence-corrected chi connectivity index (χ4v) is 3.38. The average molecular weight is 401 g/mol. The van der Waals surface area contributed by atoms with E-state index in [1.165, 1.54) is 24.3 Å². The second kappa shape index (κ2) is 10.5. The lowest BCUT2D eigenvalue weighted by Crippen LogP contribution is -2.53. The Hall–Kier alpha value is -1.86. The van der Waals surface area contributed by atoms with Crippen molar-refractivity contribution in [2.75, 3.05) is 25.0 Å². The quantitative estimate of drug-likeness (QED) is 0.685. The summed E-state index contributed by atoms with van der Waals surface area (Å²) in [5, 5.41) is 5.60. The van der Waals surface area contributed by atoms with Crippen molar-refractivity contribution < 1.29 is 14.0 Å². The zero-order chi connectivity index (χ0) is 19.2. The van der Waals surface area contributed by atoms with E-state index < -0.39 is 5.41 Å². The zero-order valence-electron chi connectivity index (χ0n) is 16.0. The molecule has 1 saturated heterocycles. The molecular weight excluding hydrogens is 371 g/mol.